The molecule has 5 rings (SSSR count). The van der Waals surface area contributed by atoms with E-state index in [0.717, 1.165) is 41.2 Å². The molecule has 1 saturated carbocycles. The molecule has 3 heterocycles. The number of aromatic nitrogens is 3. The molecule has 1 aliphatic carbocycles. The van der Waals surface area contributed by atoms with Gasteiger partial charge in [-0.3, -0.25) is 5.10 Å². The number of rotatable bonds is 2. The highest BCUT2D eigenvalue weighted by atomic mass is 19.4. The lowest BCUT2D eigenvalue weighted by atomic mass is 10.2. The summed E-state index contributed by atoms with van der Waals surface area (Å²) >= 11 is 0. The first-order chi connectivity index (χ1) is 12.0. The quantitative estimate of drug-likeness (QED) is 0.761. The molecule has 0 atom stereocenters. The SMILES string of the molecule is FC(F)(F)c1ccc2c(n1)N(c1ccc3[nH]ncc3c1)CN2C1CC1. The zero-order chi connectivity index (χ0) is 17.2. The first-order valence-electron chi connectivity index (χ1n) is 8.06. The van der Waals surface area contributed by atoms with Crippen LogP contribution >= 0.6 is 0 Å². The van der Waals surface area contributed by atoms with Crippen molar-refractivity contribution in [2.45, 2.75) is 25.1 Å². The van der Waals surface area contributed by atoms with Crippen molar-refractivity contribution in [3.05, 3.63) is 42.2 Å². The average molecular weight is 345 g/mol. The Morgan fingerprint density at radius 1 is 1.12 bits per heavy atom. The Hall–Kier alpha value is -2.77. The van der Waals surface area contributed by atoms with Crippen molar-refractivity contribution in [2.24, 2.45) is 0 Å². The van der Waals surface area contributed by atoms with Gasteiger partial charge in [0.1, 0.15) is 5.69 Å². The van der Waals surface area contributed by atoms with E-state index < -0.39 is 11.9 Å². The van der Waals surface area contributed by atoms with Crippen LogP contribution in [0.1, 0.15) is 18.5 Å². The van der Waals surface area contributed by atoms with Crippen LogP contribution in [0.4, 0.5) is 30.4 Å². The number of halogens is 3. The summed E-state index contributed by atoms with van der Waals surface area (Å²) in [4.78, 5) is 7.93. The predicted molar refractivity (Wildman–Crippen MR) is 87.8 cm³/mol. The normalized spacial score (nSPS) is 17.4. The first-order valence-corrected chi connectivity index (χ1v) is 8.06. The standard InChI is InChI=1S/C17H14F3N5/c18-17(19,20)15-6-5-14-16(22-15)25(9-24(14)11-1-2-11)12-3-4-13-10(7-12)8-21-23-13/h3-8,11H,1-2,9H2,(H,21,23). The van der Waals surface area contributed by atoms with E-state index in [1.807, 2.05) is 23.1 Å². The summed E-state index contributed by atoms with van der Waals surface area (Å²) in [5.41, 5.74) is 1.60. The van der Waals surface area contributed by atoms with Crippen LogP contribution in [0, 0.1) is 0 Å². The van der Waals surface area contributed by atoms with E-state index in [9.17, 15) is 13.2 Å². The highest BCUT2D eigenvalue weighted by Gasteiger charge is 2.40. The minimum atomic E-state index is -4.46. The average Bonchev–Trinajstić information content (AvgIpc) is 3.19. The molecular formula is C17H14F3N5. The molecule has 0 spiro atoms. The van der Waals surface area contributed by atoms with Gasteiger partial charge in [0.25, 0.3) is 0 Å². The fraction of sp³-hybridized carbons (Fsp3) is 0.294. The van der Waals surface area contributed by atoms with Crippen LogP contribution in [0.15, 0.2) is 36.5 Å². The van der Waals surface area contributed by atoms with Crippen molar-refractivity contribution >= 4 is 28.1 Å². The van der Waals surface area contributed by atoms with Crippen LogP contribution in [-0.2, 0) is 6.18 Å². The smallest absolute Gasteiger partial charge is 0.347 e. The number of pyridine rings is 1. The fourth-order valence-electron chi connectivity index (χ4n) is 3.32. The molecular weight excluding hydrogens is 331 g/mol. The van der Waals surface area contributed by atoms with Crippen molar-refractivity contribution in [3.63, 3.8) is 0 Å². The third-order valence-electron chi connectivity index (χ3n) is 4.73. The molecule has 0 unspecified atom stereocenters. The van der Waals surface area contributed by atoms with Gasteiger partial charge in [-0.25, -0.2) is 4.98 Å². The number of fused-ring (bicyclic) bond motifs is 2. The molecule has 2 aromatic heterocycles. The minimum absolute atomic E-state index is 0.365. The molecule has 0 bridgehead atoms. The lowest BCUT2D eigenvalue weighted by Gasteiger charge is -2.21. The van der Waals surface area contributed by atoms with Crippen LogP contribution in [-0.4, -0.2) is 27.9 Å². The summed E-state index contributed by atoms with van der Waals surface area (Å²) in [6.45, 7) is 0.512. The number of nitrogens with one attached hydrogen (secondary N) is 1. The molecule has 5 nitrogen and oxygen atoms in total. The number of benzene rings is 1. The molecule has 0 radical (unpaired) electrons. The summed E-state index contributed by atoms with van der Waals surface area (Å²) in [5, 5.41) is 7.79. The van der Waals surface area contributed by atoms with Gasteiger partial charge in [-0.15, -0.1) is 0 Å². The molecule has 1 aliphatic heterocycles. The number of hydrogen-bond donors (Lipinski definition) is 1. The van der Waals surface area contributed by atoms with Gasteiger partial charge < -0.3 is 9.80 Å². The van der Waals surface area contributed by atoms with E-state index in [1.54, 1.807) is 12.3 Å². The van der Waals surface area contributed by atoms with Crippen LogP contribution in [0.25, 0.3) is 10.9 Å². The molecule has 0 amide bonds. The number of alkyl halides is 3. The Kier molecular flexibility index (Phi) is 2.84. The second-order valence-electron chi connectivity index (χ2n) is 6.45. The van der Waals surface area contributed by atoms with Gasteiger partial charge in [-0.05, 0) is 43.2 Å². The maximum absolute atomic E-state index is 13.1. The van der Waals surface area contributed by atoms with E-state index in [-0.39, 0.29) is 0 Å². The summed E-state index contributed by atoms with van der Waals surface area (Å²) < 4.78 is 39.3. The van der Waals surface area contributed by atoms with Crippen molar-refractivity contribution in [3.8, 4) is 0 Å². The molecule has 3 aromatic rings. The maximum atomic E-state index is 13.1. The van der Waals surface area contributed by atoms with E-state index in [2.05, 4.69) is 20.1 Å². The van der Waals surface area contributed by atoms with Crippen LogP contribution < -0.4 is 9.80 Å². The van der Waals surface area contributed by atoms with E-state index in [0.29, 0.717) is 18.5 Å². The minimum Gasteiger partial charge on any atom is -0.347 e. The third kappa shape index (κ3) is 2.32. The fourth-order valence-corrected chi connectivity index (χ4v) is 3.32. The lowest BCUT2D eigenvalue weighted by Crippen LogP contribution is -2.29. The molecule has 0 saturated heterocycles. The zero-order valence-corrected chi connectivity index (χ0v) is 13.1. The maximum Gasteiger partial charge on any atom is 0.433 e. The highest BCUT2D eigenvalue weighted by molar-refractivity contribution is 5.86. The van der Waals surface area contributed by atoms with Crippen LogP contribution in [0.2, 0.25) is 0 Å². The van der Waals surface area contributed by atoms with Gasteiger partial charge >= 0.3 is 6.18 Å². The Balaban J connectivity index is 1.63. The Labute approximate surface area is 141 Å². The number of aromatic amines is 1. The number of anilines is 3. The van der Waals surface area contributed by atoms with Gasteiger partial charge in [0.15, 0.2) is 5.82 Å². The Bertz CT molecular complexity index is 960. The molecule has 25 heavy (non-hydrogen) atoms. The van der Waals surface area contributed by atoms with Crippen LogP contribution in [0.3, 0.4) is 0 Å². The molecule has 128 valence electrons. The second kappa shape index (κ2) is 4.87. The lowest BCUT2D eigenvalue weighted by molar-refractivity contribution is -0.141. The Morgan fingerprint density at radius 3 is 2.72 bits per heavy atom. The number of nitrogens with zero attached hydrogens (tertiary/aromatic N) is 4. The molecule has 8 heteroatoms. The largest absolute Gasteiger partial charge is 0.433 e. The van der Waals surface area contributed by atoms with Gasteiger partial charge in [-0.2, -0.15) is 18.3 Å². The van der Waals surface area contributed by atoms with Crippen molar-refractivity contribution in [1.29, 1.82) is 0 Å². The Morgan fingerprint density at radius 2 is 1.96 bits per heavy atom. The van der Waals surface area contributed by atoms with Gasteiger partial charge in [0.05, 0.1) is 24.1 Å². The molecule has 1 aromatic carbocycles. The summed E-state index contributed by atoms with van der Waals surface area (Å²) in [6, 6.07) is 8.67. The predicted octanol–water partition coefficient (Wildman–Crippen LogP) is 4.05. The molecule has 1 fully saturated rings. The monoisotopic (exact) mass is 345 g/mol. The summed E-state index contributed by atoms with van der Waals surface area (Å²) in [5.74, 6) is 0.365. The van der Waals surface area contributed by atoms with Gasteiger partial charge in [0, 0.05) is 17.1 Å². The second-order valence-corrected chi connectivity index (χ2v) is 6.45. The topological polar surface area (TPSA) is 48.1 Å². The number of H-pyrrole nitrogens is 1. The van der Waals surface area contributed by atoms with Crippen molar-refractivity contribution in [1.82, 2.24) is 15.2 Å². The molecule has 2 aliphatic rings. The highest BCUT2D eigenvalue weighted by Crippen LogP contribution is 2.46. The van der Waals surface area contributed by atoms with E-state index >= 15 is 0 Å². The molecule has 1 N–H and O–H groups in total. The van der Waals surface area contributed by atoms with Gasteiger partial charge in [0.2, 0.25) is 0 Å². The third-order valence-corrected chi connectivity index (χ3v) is 4.73. The zero-order valence-electron chi connectivity index (χ0n) is 13.1. The van der Waals surface area contributed by atoms with Gasteiger partial charge in [-0.1, -0.05) is 0 Å². The van der Waals surface area contributed by atoms with E-state index in [4.69, 9.17) is 0 Å². The van der Waals surface area contributed by atoms with Crippen LogP contribution in [0.5, 0.6) is 0 Å². The first kappa shape index (κ1) is 14.6. The van der Waals surface area contributed by atoms with Crippen molar-refractivity contribution in [2.75, 3.05) is 16.5 Å². The van der Waals surface area contributed by atoms with Crippen molar-refractivity contribution < 1.29 is 13.2 Å². The number of hydrogen-bond acceptors (Lipinski definition) is 4. The summed E-state index contributed by atoms with van der Waals surface area (Å²) in [7, 11) is 0. The summed E-state index contributed by atoms with van der Waals surface area (Å²) in [6.07, 6.45) is -0.625. The van der Waals surface area contributed by atoms with E-state index in [1.165, 1.54) is 0 Å².